The number of fused-ring (bicyclic) bond motifs is 2. The molecule has 152 valence electrons. The Morgan fingerprint density at radius 3 is 2.80 bits per heavy atom. The predicted molar refractivity (Wildman–Crippen MR) is 117 cm³/mol. The van der Waals surface area contributed by atoms with Crippen molar-refractivity contribution in [3.05, 3.63) is 77.5 Å². The van der Waals surface area contributed by atoms with Crippen LogP contribution in [0.25, 0.3) is 0 Å². The third-order valence-corrected chi connectivity index (χ3v) is 6.46. The van der Waals surface area contributed by atoms with E-state index in [2.05, 4.69) is 23.5 Å². The molecule has 1 aromatic heterocycles. The summed E-state index contributed by atoms with van der Waals surface area (Å²) in [5.74, 6) is 2.11. The van der Waals surface area contributed by atoms with Crippen molar-refractivity contribution < 1.29 is 9.53 Å². The molecule has 0 radical (unpaired) electrons. The predicted octanol–water partition coefficient (Wildman–Crippen LogP) is 4.46. The third kappa shape index (κ3) is 3.39. The van der Waals surface area contributed by atoms with Gasteiger partial charge in [-0.15, -0.1) is 5.10 Å². The second-order valence-electron chi connectivity index (χ2n) is 7.39. The lowest BCUT2D eigenvalue weighted by molar-refractivity contribution is -0.123. The Kier molecular flexibility index (Phi) is 5.04. The SMILES string of the molecule is COc1ccccc1[C@@H]1[C@H]2C(=O)CCC=C2Nc2nc(SCc3ccccc3)nn21. The van der Waals surface area contributed by atoms with Crippen molar-refractivity contribution in [2.45, 2.75) is 29.8 Å². The highest BCUT2D eigenvalue weighted by molar-refractivity contribution is 7.98. The molecule has 1 aliphatic heterocycles. The maximum Gasteiger partial charge on any atom is 0.227 e. The van der Waals surface area contributed by atoms with Crippen molar-refractivity contribution in [1.82, 2.24) is 14.8 Å². The van der Waals surface area contributed by atoms with Gasteiger partial charge in [-0.1, -0.05) is 66.4 Å². The number of rotatable bonds is 5. The normalized spacial score (nSPS) is 20.0. The Morgan fingerprint density at radius 1 is 1.17 bits per heavy atom. The Balaban J connectivity index is 1.55. The van der Waals surface area contributed by atoms with E-state index >= 15 is 0 Å². The maximum atomic E-state index is 13.0. The molecule has 0 amide bonds. The minimum atomic E-state index is -0.309. The van der Waals surface area contributed by atoms with E-state index in [1.54, 1.807) is 18.9 Å². The van der Waals surface area contributed by atoms with E-state index < -0.39 is 0 Å². The lowest BCUT2D eigenvalue weighted by Gasteiger charge is -2.36. The van der Waals surface area contributed by atoms with Crippen LogP contribution in [-0.4, -0.2) is 27.7 Å². The highest BCUT2D eigenvalue weighted by Gasteiger charge is 2.42. The smallest absolute Gasteiger partial charge is 0.227 e. The van der Waals surface area contributed by atoms with E-state index in [4.69, 9.17) is 14.8 Å². The number of carbonyl (C=O) groups is 1. The van der Waals surface area contributed by atoms with Gasteiger partial charge in [0.25, 0.3) is 0 Å². The first kappa shape index (κ1) is 18.9. The van der Waals surface area contributed by atoms with E-state index in [1.807, 2.05) is 47.1 Å². The fraction of sp³-hybridized carbons (Fsp3) is 0.261. The van der Waals surface area contributed by atoms with Gasteiger partial charge in [-0.05, 0) is 18.1 Å². The molecular weight excluding hydrogens is 396 g/mol. The minimum absolute atomic E-state index is 0.218. The van der Waals surface area contributed by atoms with Gasteiger partial charge < -0.3 is 10.1 Å². The van der Waals surface area contributed by atoms with Gasteiger partial charge in [0.1, 0.15) is 11.5 Å². The van der Waals surface area contributed by atoms with Crippen LogP contribution in [0.3, 0.4) is 0 Å². The lowest BCUT2D eigenvalue weighted by Crippen LogP contribution is -2.38. The number of allylic oxidation sites excluding steroid dienone is 2. The molecule has 0 saturated carbocycles. The van der Waals surface area contributed by atoms with Crippen molar-refractivity contribution in [2.75, 3.05) is 12.4 Å². The molecule has 2 atom stereocenters. The summed E-state index contributed by atoms with van der Waals surface area (Å²) in [5, 5.41) is 8.84. The van der Waals surface area contributed by atoms with Crippen LogP contribution >= 0.6 is 11.8 Å². The number of hydrogen-bond acceptors (Lipinski definition) is 6. The standard InChI is InChI=1S/C23H22N4O2S/c1-29-19-13-6-5-10-16(19)21-20-17(11-7-12-18(20)28)24-22-25-23(26-27(21)22)30-14-15-8-3-2-4-9-15/h2-6,8-11,13,20-21H,7,12,14H2,1H3,(H,24,25,26)/t20-,21-/m1/s1. The zero-order valence-electron chi connectivity index (χ0n) is 16.6. The molecule has 30 heavy (non-hydrogen) atoms. The van der Waals surface area contributed by atoms with Gasteiger partial charge >= 0.3 is 0 Å². The van der Waals surface area contributed by atoms with E-state index in [0.29, 0.717) is 17.5 Å². The summed E-state index contributed by atoms with van der Waals surface area (Å²) in [6.07, 6.45) is 3.41. The molecule has 0 fully saturated rings. The second-order valence-corrected chi connectivity index (χ2v) is 8.33. The van der Waals surface area contributed by atoms with Crippen molar-refractivity contribution >= 4 is 23.5 Å². The minimum Gasteiger partial charge on any atom is -0.496 e. The Bertz CT molecular complexity index is 1110. The molecule has 7 heteroatoms. The van der Waals surface area contributed by atoms with Gasteiger partial charge in [0, 0.05) is 23.4 Å². The van der Waals surface area contributed by atoms with E-state index in [9.17, 15) is 4.79 Å². The molecule has 3 aromatic rings. The number of carbonyl (C=O) groups excluding carboxylic acids is 1. The highest BCUT2D eigenvalue weighted by atomic mass is 32.2. The first-order valence-corrected chi connectivity index (χ1v) is 11.0. The first-order chi connectivity index (χ1) is 14.7. The summed E-state index contributed by atoms with van der Waals surface area (Å²) < 4.78 is 7.48. The molecule has 0 spiro atoms. The zero-order chi connectivity index (χ0) is 20.5. The molecule has 2 aromatic carbocycles. The molecule has 0 saturated heterocycles. The molecule has 1 N–H and O–H groups in total. The topological polar surface area (TPSA) is 69.0 Å². The summed E-state index contributed by atoms with van der Waals surface area (Å²) in [6.45, 7) is 0. The number of aromatic nitrogens is 3. The highest BCUT2D eigenvalue weighted by Crippen LogP contribution is 2.44. The number of nitrogens with one attached hydrogen (secondary N) is 1. The van der Waals surface area contributed by atoms with Crippen LogP contribution in [0.15, 0.2) is 71.5 Å². The molecule has 6 nitrogen and oxygen atoms in total. The van der Waals surface area contributed by atoms with Gasteiger partial charge in [0.2, 0.25) is 11.1 Å². The average Bonchev–Trinajstić information content (AvgIpc) is 3.20. The fourth-order valence-electron chi connectivity index (χ4n) is 4.16. The fourth-order valence-corrected chi connectivity index (χ4v) is 4.94. The van der Waals surface area contributed by atoms with Crippen LogP contribution in [0.5, 0.6) is 5.75 Å². The number of ketones is 1. The summed E-state index contributed by atoms with van der Waals surface area (Å²) in [4.78, 5) is 17.7. The molecule has 0 bridgehead atoms. The Morgan fingerprint density at radius 2 is 1.97 bits per heavy atom. The Hall–Kier alpha value is -3.06. The average molecular weight is 419 g/mol. The van der Waals surface area contributed by atoms with Crippen LogP contribution in [0.4, 0.5) is 5.95 Å². The quantitative estimate of drug-likeness (QED) is 0.617. The van der Waals surface area contributed by atoms with Crippen molar-refractivity contribution in [3.8, 4) is 5.75 Å². The van der Waals surface area contributed by atoms with Gasteiger partial charge in [-0.2, -0.15) is 4.98 Å². The maximum absolute atomic E-state index is 13.0. The van der Waals surface area contributed by atoms with Crippen LogP contribution in [0.1, 0.15) is 30.0 Å². The van der Waals surface area contributed by atoms with Crippen LogP contribution < -0.4 is 10.1 Å². The molecule has 1 aliphatic carbocycles. The largest absolute Gasteiger partial charge is 0.496 e. The number of para-hydroxylation sites is 1. The molecule has 2 aliphatic rings. The van der Waals surface area contributed by atoms with Crippen molar-refractivity contribution in [3.63, 3.8) is 0 Å². The third-order valence-electron chi connectivity index (χ3n) is 5.55. The number of nitrogens with zero attached hydrogens (tertiary/aromatic N) is 3. The van der Waals surface area contributed by atoms with E-state index in [-0.39, 0.29) is 17.7 Å². The van der Waals surface area contributed by atoms with Crippen LogP contribution in [0.2, 0.25) is 0 Å². The zero-order valence-corrected chi connectivity index (χ0v) is 17.4. The number of Topliss-reactive ketones (excluding diaryl/α,β-unsaturated/α-hetero) is 1. The number of ether oxygens (including phenoxy) is 1. The summed E-state index contributed by atoms with van der Waals surface area (Å²) >= 11 is 1.59. The second kappa shape index (κ2) is 7.99. The van der Waals surface area contributed by atoms with Gasteiger partial charge in [-0.3, -0.25) is 4.79 Å². The number of thioether (sulfide) groups is 1. The van der Waals surface area contributed by atoms with Crippen molar-refractivity contribution in [2.24, 2.45) is 5.92 Å². The lowest BCUT2D eigenvalue weighted by atomic mass is 9.80. The number of anilines is 1. The summed E-state index contributed by atoms with van der Waals surface area (Å²) in [7, 11) is 1.66. The van der Waals surface area contributed by atoms with Gasteiger partial charge in [0.05, 0.1) is 19.1 Å². The first-order valence-electron chi connectivity index (χ1n) is 10.0. The molecular formula is C23H22N4O2S. The summed E-state index contributed by atoms with van der Waals surface area (Å²) in [5.41, 5.74) is 3.08. The van der Waals surface area contributed by atoms with Gasteiger partial charge in [0.15, 0.2) is 0 Å². The van der Waals surface area contributed by atoms with Gasteiger partial charge in [-0.25, -0.2) is 4.68 Å². The van der Waals surface area contributed by atoms with Crippen LogP contribution in [0, 0.1) is 5.92 Å². The monoisotopic (exact) mass is 418 g/mol. The Labute approximate surface area is 179 Å². The molecule has 2 heterocycles. The number of hydrogen-bond donors (Lipinski definition) is 1. The summed E-state index contributed by atoms with van der Waals surface area (Å²) in [6, 6.07) is 17.8. The van der Waals surface area contributed by atoms with Crippen LogP contribution in [-0.2, 0) is 10.5 Å². The van der Waals surface area contributed by atoms with E-state index in [1.165, 1.54) is 5.56 Å². The van der Waals surface area contributed by atoms with E-state index in [0.717, 1.165) is 29.2 Å². The molecule has 0 unspecified atom stereocenters. The molecule has 5 rings (SSSR count). The van der Waals surface area contributed by atoms with Crippen molar-refractivity contribution in [1.29, 1.82) is 0 Å². The number of benzene rings is 2. The number of methoxy groups -OCH3 is 1.